The van der Waals surface area contributed by atoms with Crippen LogP contribution in [0.4, 0.5) is 0 Å². The van der Waals surface area contributed by atoms with E-state index < -0.39 is 0 Å². The molecule has 1 heterocycles. The lowest BCUT2D eigenvalue weighted by Crippen LogP contribution is -2.53. The molecule has 2 atom stereocenters. The van der Waals surface area contributed by atoms with E-state index in [9.17, 15) is 0 Å². The van der Waals surface area contributed by atoms with Crippen molar-refractivity contribution in [1.82, 2.24) is 10.2 Å². The van der Waals surface area contributed by atoms with Gasteiger partial charge in [-0.05, 0) is 12.8 Å². The summed E-state index contributed by atoms with van der Waals surface area (Å²) in [4.78, 5) is 2.54. The lowest BCUT2D eigenvalue weighted by Gasteiger charge is -2.36. The second-order valence-corrected chi connectivity index (χ2v) is 4.27. The fourth-order valence-corrected chi connectivity index (χ4v) is 1.93. The van der Waals surface area contributed by atoms with Gasteiger partial charge < -0.3 is 5.32 Å². The number of nitrogens with one attached hydrogen (secondary N) is 1. The van der Waals surface area contributed by atoms with Crippen molar-refractivity contribution in [3.63, 3.8) is 0 Å². The van der Waals surface area contributed by atoms with Crippen LogP contribution in [0.1, 0.15) is 27.2 Å². The van der Waals surface area contributed by atoms with Crippen LogP contribution < -0.4 is 5.32 Å². The minimum atomic E-state index is 0.694. The van der Waals surface area contributed by atoms with Crippen molar-refractivity contribution < 1.29 is 0 Å². The Labute approximate surface area is 88.4 Å². The maximum absolute atomic E-state index is 3.61. The van der Waals surface area contributed by atoms with Crippen molar-refractivity contribution in [3.8, 4) is 0 Å². The summed E-state index contributed by atoms with van der Waals surface area (Å²) in [6, 6.07) is 0.694. The van der Waals surface area contributed by atoms with Crippen molar-refractivity contribution in [2.75, 3.05) is 26.2 Å². The lowest BCUT2D eigenvalue weighted by atomic mass is 9.97. The van der Waals surface area contributed by atoms with Gasteiger partial charge >= 0.3 is 0 Å². The van der Waals surface area contributed by atoms with Gasteiger partial charge in [0.05, 0.1) is 0 Å². The number of rotatable bonds is 4. The molecule has 2 unspecified atom stereocenters. The average Bonchev–Trinajstić information content (AvgIpc) is 2.25. The van der Waals surface area contributed by atoms with Gasteiger partial charge in [0.2, 0.25) is 0 Å². The molecule has 0 saturated carbocycles. The molecule has 14 heavy (non-hydrogen) atoms. The van der Waals surface area contributed by atoms with E-state index in [4.69, 9.17) is 0 Å². The molecule has 0 bridgehead atoms. The van der Waals surface area contributed by atoms with Crippen molar-refractivity contribution in [2.24, 2.45) is 5.92 Å². The SMILES string of the molecule is C/C=C/CN1CCNC(C(C)CC)C1. The maximum Gasteiger partial charge on any atom is 0.0221 e. The maximum atomic E-state index is 3.61. The molecule has 0 radical (unpaired) electrons. The molecule has 82 valence electrons. The predicted octanol–water partition coefficient (Wildman–Crippen LogP) is 1.88. The van der Waals surface area contributed by atoms with Crippen LogP contribution in [0.3, 0.4) is 0 Å². The summed E-state index contributed by atoms with van der Waals surface area (Å²) in [5.41, 5.74) is 0. The van der Waals surface area contributed by atoms with E-state index in [1.807, 2.05) is 0 Å². The number of hydrogen-bond acceptors (Lipinski definition) is 2. The van der Waals surface area contributed by atoms with Crippen molar-refractivity contribution >= 4 is 0 Å². The Hall–Kier alpha value is -0.340. The summed E-state index contributed by atoms with van der Waals surface area (Å²) in [7, 11) is 0. The van der Waals surface area contributed by atoms with Crippen molar-refractivity contribution in [3.05, 3.63) is 12.2 Å². The summed E-state index contributed by atoms with van der Waals surface area (Å²) in [6.45, 7) is 11.4. The van der Waals surface area contributed by atoms with E-state index in [0.717, 1.165) is 19.0 Å². The third kappa shape index (κ3) is 3.43. The van der Waals surface area contributed by atoms with Gasteiger partial charge in [-0.25, -0.2) is 0 Å². The second-order valence-electron chi connectivity index (χ2n) is 4.27. The molecular formula is C12H24N2. The zero-order chi connectivity index (χ0) is 10.4. The third-order valence-corrected chi connectivity index (χ3v) is 3.22. The van der Waals surface area contributed by atoms with E-state index in [1.54, 1.807) is 0 Å². The summed E-state index contributed by atoms with van der Waals surface area (Å²) < 4.78 is 0. The Morgan fingerprint density at radius 1 is 1.57 bits per heavy atom. The summed E-state index contributed by atoms with van der Waals surface area (Å²) >= 11 is 0. The predicted molar refractivity (Wildman–Crippen MR) is 62.5 cm³/mol. The van der Waals surface area contributed by atoms with Gasteiger partial charge in [-0.1, -0.05) is 32.4 Å². The Morgan fingerprint density at radius 3 is 3.00 bits per heavy atom. The van der Waals surface area contributed by atoms with Gasteiger partial charge in [-0.3, -0.25) is 4.90 Å². The first-order valence-electron chi connectivity index (χ1n) is 5.84. The Bertz CT molecular complexity index is 177. The zero-order valence-electron chi connectivity index (χ0n) is 9.79. The molecule has 1 N–H and O–H groups in total. The first kappa shape index (κ1) is 11.7. The van der Waals surface area contributed by atoms with Crippen LogP contribution in [0.15, 0.2) is 12.2 Å². The fraction of sp³-hybridized carbons (Fsp3) is 0.833. The van der Waals surface area contributed by atoms with Gasteiger partial charge in [0.15, 0.2) is 0 Å². The third-order valence-electron chi connectivity index (χ3n) is 3.22. The monoisotopic (exact) mass is 196 g/mol. The fourth-order valence-electron chi connectivity index (χ4n) is 1.93. The quantitative estimate of drug-likeness (QED) is 0.691. The van der Waals surface area contributed by atoms with Gasteiger partial charge in [0.25, 0.3) is 0 Å². The molecule has 0 aromatic carbocycles. The van der Waals surface area contributed by atoms with Crippen molar-refractivity contribution in [1.29, 1.82) is 0 Å². The Kier molecular flexibility index (Phi) is 5.20. The molecule has 0 aromatic rings. The zero-order valence-corrected chi connectivity index (χ0v) is 9.79. The van der Waals surface area contributed by atoms with Gasteiger partial charge in [-0.15, -0.1) is 0 Å². The Morgan fingerprint density at radius 2 is 2.36 bits per heavy atom. The molecule has 2 nitrogen and oxygen atoms in total. The molecule has 1 aliphatic rings. The van der Waals surface area contributed by atoms with Gasteiger partial charge in [0.1, 0.15) is 0 Å². The normalized spacial score (nSPS) is 26.9. The molecule has 1 fully saturated rings. The van der Waals surface area contributed by atoms with E-state index >= 15 is 0 Å². The molecule has 0 amide bonds. The molecule has 0 aliphatic carbocycles. The van der Waals surface area contributed by atoms with Crippen LogP contribution in [0.2, 0.25) is 0 Å². The number of piperazine rings is 1. The highest BCUT2D eigenvalue weighted by molar-refractivity contribution is 4.87. The summed E-state index contributed by atoms with van der Waals surface area (Å²) in [6.07, 6.45) is 5.66. The minimum Gasteiger partial charge on any atom is -0.311 e. The highest BCUT2D eigenvalue weighted by Gasteiger charge is 2.21. The van der Waals surface area contributed by atoms with E-state index in [2.05, 4.69) is 43.1 Å². The number of allylic oxidation sites excluding steroid dienone is 1. The van der Waals surface area contributed by atoms with E-state index in [1.165, 1.54) is 19.5 Å². The summed E-state index contributed by atoms with van der Waals surface area (Å²) in [5, 5.41) is 3.61. The van der Waals surface area contributed by atoms with Crippen LogP contribution in [0.5, 0.6) is 0 Å². The molecule has 1 aliphatic heterocycles. The number of nitrogens with zero attached hydrogens (tertiary/aromatic N) is 1. The van der Waals surface area contributed by atoms with Gasteiger partial charge in [-0.2, -0.15) is 0 Å². The highest BCUT2D eigenvalue weighted by Crippen LogP contribution is 2.11. The minimum absolute atomic E-state index is 0.694. The first-order valence-corrected chi connectivity index (χ1v) is 5.84. The van der Waals surface area contributed by atoms with E-state index in [-0.39, 0.29) is 0 Å². The van der Waals surface area contributed by atoms with Gasteiger partial charge in [0, 0.05) is 32.2 Å². The van der Waals surface area contributed by atoms with Crippen LogP contribution in [-0.2, 0) is 0 Å². The van der Waals surface area contributed by atoms with E-state index in [0.29, 0.717) is 6.04 Å². The Balaban J connectivity index is 2.35. The van der Waals surface area contributed by atoms with Crippen LogP contribution >= 0.6 is 0 Å². The molecule has 1 saturated heterocycles. The molecular weight excluding hydrogens is 172 g/mol. The molecule has 0 aromatic heterocycles. The second kappa shape index (κ2) is 6.20. The van der Waals surface area contributed by atoms with Crippen LogP contribution in [0, 0.1) is 5.92 Å². The van der Waals surface area contributed by atoms with Crippen LogP contribution in [-0.4, -0.2) is 37.1 Å². The smallest absolute Gasteiger partial charge is 0.0221 e. The topological polar surface area (TPSA) is 15.3 Å². The lowest BCUT2D eigenvalue weighted by molar-refractivity contribution is 0.182. The van der Waals surface area contributed by atoms with Crippen LogP contribution in [0.25, 0.3) is 0 Å². The largest absolute Gasteiger partial charge is 0.311 e. The number of hydrogen-bond donors (Lipinski definition) is 1. The summed E-state index contributed by atoms with van der Waals surface area (Å²) in [5.74, 6) is 0.795. The molecule has 1 rings (SSSR count). The molecule has 0 spiro atoms. The van der Waals surface area contributed by atoms with Crippen molar-refractivity contribution in [2.45, 2.75) is 33.2 Å². The average molecular weight is 196 g/mol. The molecule has 2 heteroatoms. The highest BCUT2D eigenvalue weighted by atomic mass is 15.2. The standard InChI is InChI=1S/C12H24N2/c1-4-6-8-14-9-7-13-12(10-14)11(3)5-2/h4,6,11-13H,5,7-10H2,1-3H3/b6-4+. The first-order chi connectivity index (χ1) is 6.77.